The topological polar surface area (TPSA) is 46.9 Å². The Morgan fingerprint density at radius 2 is 1.63 bits per heavy atom. The maximum Gasteiger partial charge on any atom is 0.283 e. The number of amides is 1. The van der Waals surface area contributed by atoms with Crippen LogP contribution in [0.2, 0.25) is 5.02 Å². The molecule has 9 heteroatoms. The number of alkyl halides is 4. The van der Waals surface area contributed by atoms with E-state index in [1.165, 1.54) is 26.2 Å². The van der Waals surface area contributed by atoms with Crippen LogP contribution < -0.4 is 5.32 Å². The van der Waals surface area contributed by atoms with Crippen molar-refractivity contribution in [2.24, 2.45) is 17.8 Å². The first-order chi connectivity index (χ1) is 12.7. The van der Waals surface area contributed by atoms with Crippen molar-refractivity contribution in [3.63, 3.8) is 0 Å². The number of carbonyl (C=O) groups is 1. The number of hydrogen-bond donors (Lipinski definition) is 1. The number of aromatic nitrogens is 2. The number of hydrogen-bond acceptors (Lipinski definition) is 2. The molecule has 0 aromatic carbocycles. The molecule has 1 amide bonds. The summed E-state index contributed by atoms with van der Waals surface area (Å²) in [5, 5.41) is 5.84. The lowest BCUT2D eigenvalue weighted by molar-refractivity contribution is -0.130. The molecule has 4 aliphatic rings. The third-order valence-corrected chi connectivity index (χ3v) is 6.89. The standard InChI is InChI=1S/C18H22ClF4N3O/c1-8(26-14(16(22)23)12(19)13(25-26)15(20)21)17(27)24-18-5-9-2-10(6-18)4-11(3-9)7-18/h8-11,15-16H,2-7H2,1H3,(H,24,27). The molecule has 0 aliphatic heterocycles. The van der Waals surface area contributed by atoms with Gasteiger partial charge in [-0.2, -0.15) is 5.10 Å². The Morgan fingerprint density at radius 3 is 2.07 bits per heavy atom. The van der Waals surface area contributed by atoms with Gasteiger partial charge in [0.05, 0.1) is 5.02 Å². The van der Waals surface area contributed by atoms with Gasteiger partial charge in [-0.3, -0.25) is 4.79 Å². The van der Waals surface area contributed by atoms with Gasteiger partial charge in [-0.25, -0.2) is 22.2 Å². The third kappa shape index (κ3) is 3.23. The largest absolute Gasteiger partial charge is 0.349 e. The molecular formula is C18H22ClF4N3O. The number of carbonyl (C=O) groups excluding carboxylic acids is 1. The monoisotopic (exact) mass is 407 g/mol. The van der Waals surface area contributed by atoms with E-state index >= 15 is 0 Å². The molecule has 1 heterocycles. The highest BCUT2D eigenvalue weighted by molar-refractivity contribution is 6.32. The Morgan fingerprint density at radius 1 is 1.11 bits per heavy atom. The molecular weight excluding hydrogens is 386 g/mol. The van der Waals surface area contributed by atoms with Gasteiger partial charge in [0.2, 0.25) is 5.91 Å². The molecule has 4 fully saturated rings. The lowest BCUT2D eigenvalue weighted by atomic mass is 9.53. The van der Waals surface area contributed by atoms with E-state index in [2.05, 4.69) is 10.4 Å². The van der Waals surface area contributed by atoms with Crippen LogP contribution in [0.1, 0.15) is 75.7 Å². The molecule has 27 heavy (non-hydrogen) atoms. The van der Waals surface area contributed by atoms with Crippen molar-refractivity contribution < 1.29 is 22.4 Å². The summed E-state index contributed by atoms with van der Waals surface area (Å²) in [5.74, 6) is 1.34. The van der Waals surface area contributed by atoms with Crippen LogP contribution in [0.5, 0.6) is 0 Å². The molecule has 1 unspecified atom stereocenters. The summed E-state index contributed by atoms with van der Waals surface area (Å²) in [5.41, 5.74) is -2.05. The molecule has 0 radical (unpaired) electrons. The molecule has 1 aromatic rings. The van der Waals surface area contributed by atoms with Gasteiger partial charge in [0, 0.05) is 5.54 Å². The Balaban J connectivity index is 1.57. The van der Waals surface area contributed by atoms with Gasteiger partial charge in [-0.1, -0.05) is 11.6 Å². The summed E-state index contributed by atoms with van der Waals surface area (Å²) in [6.07, 6.45) is 0.123. The first-order valence-electron chi connectivity index (χ1n) is 9.35. The van der Waals surface area contributed by atoms with Gasteiger partial charge in [-0.05, 0) is 63.2 Å². The minimum atomic E-state index is -3.10. The van der Waals surface area contributed by atoms with Gasteiger partial charge in [0.25, 0.3) is 12.9 Å². The van der Waals surface area contributed by atoms with Crippen LogP contribution in [0.15, 0.2) is 0 Å². The van der Waals surface area contributed by atoms with Crippen LogP contribution in [-0.4, -0.2) is 21.2 Å². The third-order valence-electron chi connectivity index (χ3n) is 6.50. The SMILES string of the molecule is CC(C(=O)NC12CC3CC(CC(C3)C1)C2)n1nc(C(F)F)c(Cl)c1C(F)F. The zero-order valence-corrected chi connectivity index (χ0v) is 15.7. The van der Waals surface area contributed by atoms with E-state index in [-0.39, 0.29) is 5.54 Å². The minimum absolute atomic E-state index is 0.298. The summed E-state index contributed by atoms with van der Waals surface area (Å²) in [6.45, 7) is 1.39. The molecule has 4 bridgehead atoms. The zero-order valence-electron chi connectivity index (χ0n) is 14.9. The van der Waals surface area contributed by atoms with Gasteiger partial charge >= 0.3 is 0 Å². The maximum atomic E-state index is 13.4. The van der Waals surface area contributed by atoms with Gasteiger partial charge < -0.3 is 5.32 Å². The molecule has 4 nitrogen and oxygen atoms in total. The molecule has 0 spiro atoms. The fraction of sp³-hybridized carbons (Fsp3) is 0.778. The highest BCUT2D eigenvalue weighted by Crippen LogP contribution is 2.55. The van der Waals surface area contributed by atoms with E-state index < -0.39 is 41.2 Å². The Bertz CT molecular complexity index is 716. The van der Waals surface area contributed by atoms with Crippen LogP contribution in [0.25, 0.3) is 0 Å². The number of nitrogens with zero attached hydrogens (tertiary/aromatic N) is 2. The van der Waals surface area contributed by atoms with Crippen LogP contribution in [0.3, 0.4) is 0 Å². The van der Waals surface area contributed by atoms with Crippen LogP contribution >= 0.6 is 11.6 Å². The molecule has 1 aromatic heterocycles. The van der Waals surface area contributed by atoms with E-state index in [1.807, 2.05) is 0 Å². The Labute approximate surface area is 159 Å². The van der Waals surface area contributed by atoms with Crippen LogP contribution in [-0.2, 0) is 4.79 Å². The summed E-state index contributed by atoms with van der Waals surface area (Å²) in [7, 11) is 0. The highest BCUT2D eigenvalue weighted by atomic mass is 35.5. The average Bonchev–Trinajstić information content (AvgIpc) is 2.90. The van der Waals surface area contributed by atoms with Crippen molar-refractivity contribution in [1.29, 1.82) is 0 Å². The second kappa shape index (κ2) is 6.64. The molecule has 4 saturated carbocycles. The normalized spacial score (nSPS) is 33.1. The van der Waals surface area contributed by atoms with Crippen molar-refractivity contribution in [1.82, 2.24) is 15.1 Å². The van der Waals surface area contributed by atoms with Crippen molar-refractivity contribution in [2.75, 3.05) is 0 Å². The molecule has 1 N–H and O–H groups in total. The van der Waals surface area contributed by atoms with Crippen molar-refractivity contribution in [2.45, 2.75) is 69.9 Å². The van der Waals surface area contributed by atoms with Crippen molar-refractivity contribution in [3.8, 4) is 0 Å². The molecule has 0 saturated heterocycles. The number of rotatable bonds is 5. The van der Waals surface area contributed by atoms with E-state index in [4.69, 9.17) is 11.6 Å². The predicted molar refractivity (Wildman–Crippen MR) is 90.9 cm³/mol. The molecule has 4 aliphatic carbocycles. The van der Waals surface area contributed by atoms with E-state index in [9.17, 15) is 22.4 Å². The Hall–Kier alpha value is -1.31. The van der Waals surface area contributed by atoms with Gasteiger partial charge in [0.1, 0.15) is 17.4 Å². The lowest BCUT2D eigenvalue weighted by Crippen LogP contribution is -2.60. The summed E-state index contributed by atoms with van der Waals surface area (Å²) >= 11 is 5.69. The second-order valence-electron chi connectivity index (χ2n) is 8.49. The second-order valence-corrected chi connectivity index (χ2v) is 8.87. The van der Waals surface area contributed by atoms with Gasteiger partial charge in [-0.15, -0.1) is 0 Å². The fourth-order valence-electron chi connectivity index (χ4n) is 5.82. The average molecular weight is 408 g/mol. The molecule has 150 valence electrons. The first kappa shape index (κ1) is 19.0. The zero-order chi connectivity index (χ0) is 19.5. The Kier molecular flexibility index (Phi) is 4.68. The van der Waals surface area contributed by atoms with E-state index in [0.29, 0.717) is 22.4 Å². The predicted octanol–water partition coefficient (Wildman–Crippen LogP) is 5.06. The molecule has 5 rings (SSSR count). The first-order valence-corrected chi connectivity index (χ1v) is 9.73. The van der Waals surface area contributed by atoms with E-state index in [0.717, 1.165) is 19.3 Å². The van der Waals surface area contributed by atoms with Crippen LogP contribution in [0.4, 0.5) is 17.6 Å². The summed E-state index contributed by atoms with van der Waals surface area (Å²) in [4.78, 5) is 12.8. The molecule has 1 atom stereocenters. The summed E-state index contributed by atoms with van der Waals surface area (Å²) in [6, 6.07) is -1.15. The van der Waals surface area contributed by atoms with E-state index in [1.54, 1.807) is 0 Å². The fourth-order valence-corrected chi connectivity index (χ4v) is 6.11. The van der Waals surface area contributed by atoms with Gasteiger partial charge in [0.15, 0.2) is 0 Å². The maximum absolute atomic E-state index is 13.4. The van der Waals surface area contributed by atoms with Crippen LogP contribution in [0, 0.1) is 17.8 Å². The highest BCUT2D eigenvalue weighted by Gasteiger charge is 2.52. The smallest absolute Gasteiger partial charge is 0.283 e. The number of halogens is 5. The quantitative estimate of drug-likeness (QED) is 0.694. The minimum Gasteiger partial charge on any atom is -0.349 e. The van der Waals surface area contributed by atoms with Crippen molar-refractivity contribution in [3.05, 3.63) is 16.4 Å². The number of nitrogens with one attached hydrogen (secondary N) is 1. The lowest BCUT2D eigenvalue weighted by Gasteiger charge is -2.57. The summed E-state index contributed by atoms with van der Waals surface area (Å²) < 4.78 is 53.5. The van der Waals surface area contributed by atoms with Crippen molar-refractivity contribution >= 4 is 17.5 Å².